The number of nitrogens with zero attached hydrogens (tertiary/aromatic N) is 3. The molecule has 186 valence electrons. The number of aromatic nitrogens is 4. The van der Waals surface area contributed by atoms with E-state index in [2.05, 4.69) is 25.5 Å². The highest BCUT2D eigenvalue weighted by atomic mass is 19.1. The Kier molecular flexibility index (Phi) is 5.48. The normalized spacial score (nSPS) is 17.6. The number of phenolic OH excluding ortho intramolecular Hbond substituents is 1. The minimum absolute atomic E-state index is 0.107. The van der Waals surface area contributed by atoms with E-state index < -0.39 is 17.4 Å². The number of hydrogen-bond donors (Lipinski definition) is 4. The Balaban J connectivity index is 1.33. The van der Waals surface area contributed by atoms with Gasteiger partial charge < -0.3 is 20.3 Å². The molecule has 1 atom stereocenters. The van der Waals surface area contributed by atoms with Gasteiger partial charge in [-0.05, 0) is 66.8 Å². The fraction of sp³-hybridized carbons (Fsp3) is 0.346. The van der Waals surface area contributed by atoms with Crippen LogP contribution in [0.3, 0.4) is 0 Å². The van der Waals surface area contributed by atoms with Crippen molar-refractivity contribution in [3.8, 4) is 28.4 Å². The van der Waals surface area contributed by atoms with Gasteiger partial charge in [0, 0.05) is 13.0 Å². The molecule has 1 saturated heterocycles. The number of nitrogens with one attached hydrogen (secondary N) is 3. The Morgan fingerprint density at radius 2 is 2.08 bits per heavy atom. The van der Waals surface area contributed by atoms with Crippen LogP contribution in [-0.2, 0) is 24.2 Å². The molecule has 0 bridgehead atoms. The van der Waals surface area contributed by atoms with Crippen LogP contribution in [-0.4, -0.2) is 55.2 Å². The molecule has 1 fully saturated rings. The van der Waals surface area contributed by atoms with E-state index in [1.807, 2.05) is 11.8 Å². The van der Waals surface area contributed by atoms with Gasteiger partial charge in [0.25, 0.3) is 0 Å². The second kappa shape index (κ2) is 8.70. The zero-order valence-corrected chi connectivity index (χ0v) is 19.8. The second-order valence-electron chi connectivity index (χ2n) is 9.44. The highest BCUT2D eigenvalue weighted by molar-refractivity contribution is 5.94. The summed E-state index contributed by atoms with van der Waals surface area (Å²) in [5, 5.41) is 20.5. The fourth-order valence-corrected chi connectivity index (χ4v) is 5.31. The molecule has 2 aliphatic heterocycles. The van der Waals surface area contributed by atoms with Crippen LogP contribution >= 0.6 is 0 Å². The number of halogens is 2. The Labute approximate surface area is 205 Å². The van der Waals surface area contributed by atoms with Crippen molar-refractivity contribution in [1.82, 2.24) is 30.4 Å². The summed E-state index contributed by atoms with van der Waals surface area (Å²) in [5.41, 5.74) is 4.20. The third-order valence-electron chi connectivity index (χ3n) is 7.21. The number of aromatic hydroxyl groups is 1. The largest absolute Gasteiger partial charge is 0.505 e. The van der Waals surface area contributed by atoms with Crippen molar-refractivity contribution in [3.63, 3.8) is 0 Å². The summed E-state index contributed by atoms with van der Waals surface area (Å²) >= 11 is 0. The van der Waals surface area contributed by atoms with Crippen LogP contribution in [0.4, 0.5) is 8.78 Å². The second-order valence-corrected chi connectivity index (χ2v) is 9.44. The number of rotatable bonds is 4. The number of H-pyrrole nitrogens is 2. The molecule has 0 saturated carbocycles. The molecule has 0 spiro atoms. The van der Waals surface area contributed by atoms with E-state index in [9.17, 15) is 14.3 Å². The van der Waals surface area contributed by atoms with Crippen molar-refractivity contribution in [3.05, 3.63) is 52.9 Å². The van der Waals surface area contributed by atoms with Crippen molar-refractivity contribution >= 4 is 16.8 Å². The van der Waals surface area contributed by atoms with Crippen molar-refractivity contribution in [2.24, 2.45) is 0 Å². The Morgan fingerprint density at radius 1 is 1.22 bits per heavy atom. The zero-order valence-electron chi connectivity index (χ0n) is 19.8. The molecule has 1 unspecified atom stereocenters. The maximum absolute atomic E-state index is 15.4. The summed E-state index contributed by atoms with van der Waals surface area (Å²) < 4.78 is 29.5. The van der Waals surface area contributed by atoms with Crippen LogP contribution in [0.2, 0.25) is 0 Å². The lowest BCUT2D eigenvalue weighted by molar-refractivity contribution is -0.134. The number of benzene rings is 2. The van der Waals surface area contributed by atoms with E-state index in [0.717, 1.165) is 30.8 Å². The molecular weight excluding hydrogens is 466 g/mol. The molecule has 1 amide bonds. The molecule has 36 heavy (non-hydrogen) atoms. The van der Waals surface area contributed by atoms with Gasteiger partial charge in [-0.2, -0.15) is 5.10 Å². The fourth-order valence-electron chi connectivity index (χ4n) is 5.31. The van der Waals surface area contributed by atoms with Gasteiger partial charge in [0.15, 0.2) is 17.4 Å². The predicted molar refractivity (Wildman–Crippen MR) is 130 cm³/mol. The summed E-state index contributed by atoms with van der Waals surface area (Å²) in [5.74, 6) is -1.15. The van der Waals surface area contributed by atoms with Crippen molar-refractivity contribution in [1.29, 1.82) is 0 Å². The molecule has 4 heterocycles. The number of amides is 1. The van der Waals surface area contributed by atoms with E-state index in [0.29, 0.717) is 59.7 Å². The van der Waals surface area contributed by atoms with Gasteiger partial charge in [-0.3, -0.25) is 9.89 Å². The van der Waals surface area contributed by atoms with Gasteiger partial charge in [0.2, 0.25) is 5.91 Å². The van der Waals surface area contributed by atoms with Gasteiger partial charge >= 0.3 is 0 Å². The minimum Gasteiger partial charge on any atom is -0.505 e. The lowest BCUT2D eigenvalue weighted by Gasteiger charge is -2.28. The number of fused-ring (bicyclic) bond motifs is 2. The Hall–Kier alpha value is -3.79. The van der Waals surface area contributed by atoms with Crippen LogP contribution in [0.5, 0.6) is 5.75 Å². The molecule has 2 aromatic carbocycles. The van der Waals surface area contributed by atoms with Crippen LogP contribution in [0.1, 0.15) is 36.7 Å². The smallest absolute Gasteiger partial charge is 0.240 e. The third kappa shape index (κ3) is 3.72. The highest BCUT2D eigenvalue weighted by Gasteiger charge is 2.31. The molecule has 6 rings (SSSR count). The molecule has 0 radical (unpaired) electrons. The van der Waals surface area contributed by atoms with Crippen molar-refractivity contribution in [2.45, 2.75) is 45.2 Å². The first-order chi connectivity index (χ1) is 17.4. The minimum atomic E-state index is -0.759. The lowest BCUT2D eigenvalue weighted by Crippen LogP contribution is -2.45. The van der Waals surface area contributed by atoms with E-state index in [-0.39, 0.29) is 17.3 Å². The first kappa shape index (κ1) is 22.7. The van der Waals surface area contributed by atoms with Crippen LogP contribution in [0.25, 0.3) is 33.5 Å². The summed E-state index contributed by atoms with van der Waals surface area (Å²) in [6.45, 7) is 3.78. The monoisotopic (exact) mass is 492 g/mol. The van der Waals surface area contributed by atoms with E-state index in [1.165, 1.54) is 18.2 Å². The van der Waals surface area contributed by atoms with Crippen LogP contribution in [0.15, 0.2) is 24.3 Å². The standard InChI is InChI=1S/C26H26F2N6O2/c1-2-13-10-22(35)16(27)11-15(13)14-8-17(28)23-20(9-14)32-33-24(23)25-30-18-5-7-34(12-21(18)31-25)26(36)19-4-3-6-29-19/h8-11,19,29,35H,2-7,12H2,1H3,(H,30,31)(H,32,33). The summed E-state index contributed by atoms with van der Waals surface area (Å²) in [4.78, 5) is 22.6. The Morgan fingerprint density at radius 3 is 2.86 bits per heavy atom. The number of carbonyl (C=O) groups excluding carboxylic acids is 1. The third-order valence-corrected chi connectivity index (χ3v) is 7.21. The van der Waals surface area contributed by atoms with Gasteiger partial charge in [0.1, 0.15) is 11.5 Å². The van der Waals surface area contributed by atoms with Gasteiger partial charge in [-0.1, -0.05) is 6.92 Å². The Bertz CT molecular complexity index is 1490. The average Bonchev–Trinajstić information content (AvgIpc) is 3.63. The average molecular weight is 493 g/mol. The molecule has 4 N–H and O–H groups in total. The number of aromatic amines is 2. The van der Waals surface area contributed by atoms with Crippen molar-refractivity contribution in [2.75, 3.05) is 13.1 Å². The molecule has 2 aromatic heterocycles. The molecule has 2 aliphatic rings. The molecule has 4 aromatic rings. The van der Waals surface area contributed by atoms with Gasteiger partial charge in [-0.25, -0.2) is 13.8 Å². The number of hydrogen-bond acceptors (Lipinski definition) is 5. The van der Waals surface area contributed by atoms with Crippen LogP contribution in [0, 0.1) is 11.6 Å². The molecule has 10 heteroatoms. The number of carbonyl (C=O) groups is 1. The van der Waals surface area contributed by atoms with Crippen LogP contribution < -0.4 is 5.32 Å². The number of phenols is 1. The van der Waals surface area contributed by atoms with Gasteiger partial charge in [0.05, 0.1) is 34.9 Å². The van der Waals surface area contributed by atoms with Crippen molar-refractivity contribution < 1.29 is 18.7 Å². The summed E-state index contributed by atoms with van der Waals surface area (Å²) in [6.07, 6.45) is 3.02. The predicted octanol–water partition coefficient (Wildman–Crippen LogP) is 3.80. The van der Waals surface area contributed by atoms with E-state index in [4.69, 9.17) is 0 Å². The molecule has 8 nitrogen and oxygen atoms in total. The quantitative estimate of drug-likeness (QED) is 0.346. The van der Waals surface area contributed by atoms with E-state index in [1.54, 1.807) is 6.07 Å². The summed E-state index contributed by atoms with van der Waals surface area (Å²) in [7, 11) is 0. The van der Waals surface area contributed by atoms with Gasteiger partial charge in [-0.15, -0.1) is 0 Å². The summed E-state index contributed by atoms with van der Waals surface area (Å²) in [6, 6.07) is 5.54. The highest BCUT2D eigenvalue weighted by Crippen LogP contribution is 2.35. The first-order valence-corrected chi connectivity index (χ1v) is 12.2. The maximum Gasteiger partial charge on any atom is 0.240 e. The molecule has 0 aliphatic carbocycles. The SMILES string of the molecule is CCc1cc(O)c(F)cc1-c1cc(F)c2c(-c3nc4c([nH]3)CN(C(=O)C3CCCN3)CC4)n[nH]c2c1. The number of aryl methyl sites for hydroxylation is 1. The lowest BCUT2D eigenvalue weighted by atomic mass is 9.96. The van der Waals surface area contributed by atoms with E-state index >= 15 is 4.39 Å². The first-order valence-electron chi connectivity index (χ1n) is 12.2. The topological polar surface area (TPSA) is 110 Å². The maximum atomic E-state index is 15.4. The molecular formula is C26H26F2N6O2. The number of imidazole rings is 1. The zero-order chi connectivity index (χ0) is 25.0.